The summed E-state index contributed by atoms with van der Waals surface area (Å²) in [7, 11) is 0. The van der Waals surface area contributed by atoms with E-state index in [2.05, 4.69) is 0 Å². The maximum Gasteiger partial charge on any atom is 0.233 e. The monoisotopic (exact) mass is 307 g/mol. The number of nitrogens with zero attached hydrogens (tertiary/aromatic N) is 1. The largest absolute Gasteiger partial charge is 0.299 e. The van der Waals surface area contributed by atoms with E-state index in [-0.39, 0.29) is 35.5 Å². The molecular formula is C18H29NO3. The van der Waals surface area contributed by atoms with E-state index in [1.807, 2.05) is 27.7 Å². The van der Waals surface area contributed by atoms with Crippen LogP contribution in [0.15, 0.2) is 0 Å². The van der Waals surface area contributed by atoms with Crippen molar-refractivity contribution in [2.75, 3.05) is 6.54 Å². The fourth-order valence-corrected chi connectivity index (χ4v) is 3.78. The van der Waals surface area contributed by atoms with Crippen molar-refractivity contribution in [1.29, 1.82) is 0 Å². The number of likely N-dealkylation sites (tertiary alicyclic amines) is 1. The summed E-state index contributed by atoms with van der Waals surface area (Å²) < 4.78 is 0. The minimum atomic E-state index is -0.133. The SMILES string of the molecule is CC(C)C(=O)[C@H]1CC[C@H](CN2C(=O)CC(C(C)C)C2=O)CC1. The van der Waals surface area contributed by atoms with Gasteiger partial charge in [-0.2, -0.15) is 0 Å². The highest BCUT2D eigenvalue weighted by atomic mass is 16.2. The van der Waals surface area contributed by atoms with Crippen LogP contribution in [0.2, 0.25) is 0 Å². The zero-order valence-corrected chi connectivity index (χ0v) is 14.3. The normalized spacial score (nSPS) is 29.7. The van der Waals surface area contributed by atoms with Gasteiger partial charge in [0.05, 0.1) is 0 Å². The predicted molar refractivity (Wildman–Crippen MR) is 85.0 cm³/mol. The number of Topliss-reactive ketones (excluding diaryl/α,β-unsaturated/α-hetero) is 1. The molecule has 124 valence electrons. The van der Waals surface area contributed by atoms with Gasteiger partial charge in [0.2, 0.25) is 11.8 Å². The van der Waals surface area contributed by atoms with Crippen LogP contribution >= 0.6 is 0 Å². The topological polar surface area (TPSA) is 54.5 Å². The molecule has 2 fully saturated rings. The first-order chi connectivity index (χ1) is 10.3. The van der Waals surface area contributed by atoms with Gasteiger partial charge in [-0.25, -0.2) is 0 Å². The Balaban J connectivity index is 1.87. The van der Waals surface area contributed by atoms with Crippen molar-refractivity contribution in [2.24, 2.45) is 29.6 Å². The summed E-state index contributed by atoms with van der Waals surface area (Å²) in [6, 6.07) is 0. The molecule has 4 heteroatoms. The van der Waals surface area contributed by atoms with Crippen molar-refractivity contribution in [3.8, 4) is 0 Å². The molecule has 0 aromatic heterocycles. The smallest absolute Gasteiger partial charge is 0.233 e. The van der Waals surface area contributed by atoms with Crippen LogP contribution in [0.5, 0.6) is 0 Å². The first-order valence-corrected chi connectivity index (χ1v) is 8.69. The number of ketones is 1. The van der Waals surface area contributed by atoms with E-state index in [1.165, 1.54) is 4.90 Å². The molecule has 1 aliphatic heterocycles. The van der Waals surface area contributed by atoms with Crippen LogP contribution in [-0.4, -0.2) is 29.0 Å². The van der Waals surface area contributed by atoms with Crippen LogP contribution in [0.3, 0.4) is 0 Å². The minimum Gasteiger partial charge on any atom is -0.299 e. The van der Waals surface area contributed by atoms with Crippen molar-refractivity contribution in [2.45, 2.75) is 59.8 Å². The molecule has 1 saturated carbocycles. The van der Waals surface area contributed by atoms with E-state index >= 15 is 0 Å². The number of hydrogen-bond donors (Lipinski definition) is 0. The van der Waals surface area contributed by atoms with Crippen LogP contribution in [-0.2, 0) is 14.4 Å². The highest BCUT2D eigenvalue weighted by molar-refractivity contribution is 6.03. The third-order valence-electron chi connectivity index (χ3n) is 5.34. The van der Waals surface area contributed by atoms with Gasteiger partial charge in [0.15, 0.2) is 0 Å². The molecule has 1 unspecified atom stereocenters. The predicted octanol–water partition coefficient (Wildman–Crippen LogP) is 3.05. The van der Waals surface area contributed by atoms with Gasteiger partial charge in [-0.3, -0.25) is 19.3 Å². The summed E-state index contributed by atoms with van der Waals surface area (Å²) in [6.45, 7) is 8.48. The summed E-state index contributed by atoms with van der Waals surface area (Å²) in [5.74, 6) is 1.12. The number of hydrogen-bond acceptors (Lipinski definition) is 3. The maximum atomic E-state index is 12.3. The van der Waals surface area contributed by atoms with Crippen LogP contribution in [0.4, 0.5) is 0 Å². The maximum absolute atomic E-state index is 12.3. The first-order valence-electron chi connectivity index (χ1n) is 8.69. The van der Waals surface area contributed by atoms with Crippen molar-refractivity contribution >= 4 is 17.6 Å². The molecule has 4 nitrogen and oxygen atoms in total. The van der Waals surface area contributed by atoms with E-state index in [9.17, 15) is 14.4 Å². The molecule has 2 aliphatic rings. The Morgan fingerprint density at radius 1 is 1.09 bits per heavy atom. The van der Waals surface area contributed by atoms with E-state index in [4.69, 9.17) is 0 Å². The number of amides is 2. The van der Waals surface area contributed by atoms with Gasteiger partial charge in [-0.15, -0.1) is 0 Å². The second-order valence-corrected chi connectivity index (χ2v) is 7.67. The number of rotatable bonds is 5. The first kappa shape index (κ1) is 17.2. The summed E-state index contributed by atoms with van der Waals surface area (Å²) in [4.78, 5) is 38.0. The summed E-state index contributed by atoms with van der Waals surface area (Å²) in [5, 5.41) is 0. The lowest BCUT2D eigenvalue weighted by molar-refractivity contribution is -0.141. The van der Waals surface area contributed by atoms with Gasteiger partial charge in [-0.05, 0) is 37.5 Å². The summed E-state index contributed by atoms with van der Waals surface area (Å²) in [5.41, 5.74) is 0. The van der Waals surface area contributed by atoms with Gasteiger partial charge in [0.1, 0.15) is 5.78 Å². The highest BCUT2D eigenvalue weighted by Crippen LogP contribution is 2.34. The Kier molecular flexibility index (Phi) is 5.41. The number of imide groups is 1. The van der Waals surface area contributed by atoms with Gasteiger partial charge in [-0.1, -0.05) is 27.7 Å². The van der Waals surface area contributed by atoms with Crippen molar-refractivity contribution in [3.05, 3.63) is 0 Å². The molecule has 1 aliphatic carbocycles. The molecule has 0 radical (unpaired) electrons. The highest BCUT2D eigenvalue weighted by Gasteiger charge is 2.41. The van der Waals surface area contributed by atoms with Gasteiger partial charge < -0.3 is 0 Å². The zero-order valence-electron chi connectivity index (χ0n) is 14.3. The van der Waals surface area contributed by atoms with Crippen LogP contribution in [0, 0.1) is 29.6 Å². The van der Waals surface area contributed by atoms with Gasteiger partial charge in [0, 0.05) is 30.7 Å². The Morgan fingerprint density at radius 3 is 2.14 bits per heavy atom. The molecule has 0 aromatic carbocycles. The van der Waals surface area contributed by atoms with Crippen molar-refractivity contribution in [1.82, 2.24) is 4.90 Å². The van der Waals surface area contributed by atoms with Crippen LogP contribution in [0.25, 0.3) is 0 Å². The fourth-order valence-electron chi connectivity index (χ4n) is 3.78. The molecule has 1 atom stereocenters. The lowest BCUT2D eigenvalue weighted by Gasteiger charge is -2.30. The van der Waals surface area contributed by atoms with Crippen molar-refractivity contribution < 1.29 is 14.4 Å². The van der Waals surface area contributed by atoms with E-state index < -0.39 is 0 Å². The number of carbonyl (C=O) groups is 3. The average Bonchev–Trinajstić information content (AvgIpc) is 2.75. The molecule has 2 amide bonds. The molecular weight excluding hydrogens is 278 g/mol. The molecule has 1 heterocycles. The molecule has 1 saturated heterocycles. The Hall–Kier alpha value is -1.19. The Labute approximate surface area is 133 Å². The number of carbonyl (C=O) groups excluding carboxylic acids is 3. The summed E-state index contributed by atoms with van der Waals surface area (Å²) >= 11 is 0. The Bertz CT molecular complexity index is 447. The van der Waals surface area contributed by atoms with E-state index in [0.29, 0.717) is 24.7 Å². The molecule has 0 aromatic rings. The van der Waals surface area contributed by atoms with Gasteiger partial charge >= 0.3 is 0 Å². The third kappa shape index (κ3) is 3.58. The lowest BCUT2D eigenvalue weighted by Crippen LogP contribution is -2.37. The van der Waals surface area contributed by atoms with Gasteiger partial charge in [0.25, 0.3) is 0 Å². The average molecular weight is 307 g/mol. The molecule has 0 spiro atoms. The molecule has 0 N–H and O–H groups in total. The molecule has 0 bridgehead atoms. The standard InChI is InChI=1S/C18H29NO3/c1-11(2)15-9-16(20)19(18(15)22)10-13-5-7-14(8-6-13)17(21)12(3)4/h11-15H,5-10H2,1-4H3/t13-,14-,15?. The third-order valence-corrected chi connectivity index (χ3v) is 5.34. The van der Waals surface area contributed by atoms with E-state index in [0.717, 1.165) is 25.7 Å². The Morgan fingerprint density at radius 2 is 1.68 bits per heavy atom. The quantitative estimate of drug-likeness (QED) is 0.734. The van der Waals surface area contributed by atoms with Crippen LogP contribution < -0.4 is 0 Å². The summed E-state index contributed by atoms with van der Waals surface area (Å²) in [6.07, 6.45) is 4.09. The van der Waals surface area contributed by atoms with Crippen LogP contribution in [0.1, 0.15) is 59.8 Å². The molecule has 22 heavy (non-hydrogen) atoms. The zero-order chi connectivity index (χ0) is 16.4. The second kappa shape index (κ2) is 6.93. The lowest BCUT2D eigenvalue weighted by atomic mass is 9.77. The minimum absolute atomic E-state index is 0.0101. The fraction of sp³-hybridized carbons (Fsp3) is 0.833. The molecule has 2 rings (SSSR count). The van der Waals surface area contributed by atoms with Crippen molar-refractivity contribution in [3.63, 3.8) is 0 Å². The van der Waals surface area contributed by atoms with E-state index in [1.54, 1.807) is 0 Å². The second-order valence-electron chi connectivity index (χ2n) is 7.67.